The minimum Gasteiger partial charge on any atom is -0.496 e. The molecule has 0 fully saturated rings. The minimum absolute atomic E-state index is 0.598. The summed E-state index contributed by atoms with van der Waals surface area (Å²) in [6, 6.07) is 10.1. The fourth-order valence-corrected chi connectivity index (χ4v) is 2.71. The summed E-state index contributed by atoms with van der Waals surface area (Å²) in [5.41, 5.74) is 3.42. The second-order valence-corrected chi connectivity index (χ2v) is 6.23. The van der Waals surface area contributed by atoms with E-state index in [0.29, 0.717) is 19.0 Å². The van der Waals surface area contributed by atoms with E-state index in [1.807, 2.05) is 18.2 Å². The van der Waals surface area contributed by atoms with Crippen molar-refractivity contribution in [3.05, 3.63) is 53.2 Å². The van der Waals surface area contributed by atoms with Gasteiger partial charge in [0.2, 0.25) is 5.88 Å². The van der Waals surface area contributed by atoms with Crippen molar-refractivity contribution in [1.29, 1.82) is 0 Å². The third kappa shape index (κ3) is 6.47. The van der Waals surface area contributed by atoms with Crippen LogP contribution in [0.1, 0.15) is 30.0 Å². The zero-order chi connectivity index (χ0) is 19.5. The SMILES string of the molecule is CCCOc1ncccc1CNC(=NC)NCCc1cc(C)ccc1OC. The summed E-state index contributed by atoms with van der Waals surface area (Å²) in [4.78, 5) is 8.60. The number of pyridine rings is 1. The Kier molecular flexibility index (Phi) is 8.42. The van der Waals surface area contributed by atoms with Crippen molar-refractivity contribution in [1.82, 2.24) is 15.6 Å². The number of hydrogen-bond acceptors (Lipinski definition) is 4. The van der Waals surface area contributed by atoms with Gasteiger partial charge >= 0.3 is 0 Å². The van der Waals surface area contributed by atoms with Crippen LogP contribution < -0.4 is 20.1 Å². The molecule has 0 radical (unpaired) electrons. The lowest BCUT2D eigenvalue weighted by molar-refractivity contribution is 0.301. The lowest BCUT2D eigenvalue weighted by Crippen LogP contribution is -2.38. The highest BCUT2D eigenvalue weighted by atomic mass is 16.5. The maximum atomic E-state index is 5.70. The van der Waals surface area contributed by atoms with Gasteiger partial charge in [0, 0.05) is 31.9 Å². The van der Waals surface area contributed by atoms with E-state index in [1.54, 1.807) is 20.4 Å². The van der Waals surface area contributed by atoms with Crippen LogP contribution in [0.3, 0.4) is 0 Å². The van der Waals surface area contributed by atoms with E-state index in [0.717, 1.165) is 36.7 Å². The van der Waals surface area contributed by atoms with Gasteiger partial charge in [-0.3, -0.25) is 4.99 Å². The molecule has 0 bridgehead atoms. The molecule has 0 atom stereocenters. The largest absolute Gasteiger partial charge is 0.496 e. The van der Waals surface area contributed by atoms with Gasteiger partial charge in [-0.15, -0.1) is 0 Å². The number of aromatic nitrogens is 1. The predicted octanol–water partition coefficient (Wildman–Crippen LogP) is 3.10. The van der Waals surface area contributed by atoms with Crippen LogP contribution in [0.2, 0.25) is 0 Å². The van der Waals surface area contributed by atoms with Gasteiger partial charge in [0.1, 0.15) is 5.75 Å². The van der Waals surface area contributed by atoms with Gasteiger partial charge < -0.3 is 20.1 Å². The van der Waals surface area contributed by atoms with Crippen molar-refractivity contribution in [3.8, 4) is 11.6 Å². The second-order valence-electron chi connectivity index (χ2n) is 6.23. The molecule has 0 aliphatic heterocycles. The molecule has 146 valence electrons. The fraction of sp³-hybridized carbons (Fsp3) is 0.429. The zero-order valence-corrected chi connectivity index (χ0v) is 16.7. The van der Waals surface area contributed by atoms with Gasteiger partial charge in [-0.2, -0.15) is 0 Å². The zero-order valence-electron chi connectivity index (χ0n) is 16.7. The summed E-state index contributed by atoms with van der Waals surface area (Å²) < 4.78 is 11.1. The Hall–Kier alpha value is -2.76. The molecule has 1 heterocycles. The Bertz CT molecular complexity index is 747. The van der Waals surface area contributed by atoms with Crippen LogP contribution in [-0.4, -0.2) is 38.3 Å². The molecule has 27 heavy (non-hydrogen) atoms. The first-order valence-corrected chi connectivity index (χ1v) is 9.32. The molecule has 6 nitrogen and oxygen atoms in total. The standard InChI is InChI=1S/C21H30N4O2/c1-5-13-27-20-18(7-6-11-23-20)15-25-21(22-3)24-12-10-17-14-16(2)8-9-19(17)26-4/h6-9,11,14H,5,10,12-13,15H2,1-4H3,(H2,22,24,25). The van der Waals surface area contributed by atoms with Gasteiger partial charge in [-0.25, -0.2) is 4.98 Å². The highest BCUT2D eigenvalue weighted by Crippen LogP contribution is 2.19. The van der Waals surface area contributed by atoms with E-state index >= 15 is 0 Å². The number of benzene rings is 1. The highest BCUT2D eigenvalue weighted by molar-refractivity contribution is 5.79. The van der Waals surface area contributed by atoms with E-state index in [2.05, 4.69) is 46.6 Å². The Labute approximate surface area is 162 Å². The van der Waals surface area contributed by atoms with E-state index in [4.69, 9.17) is 9.47 Å². The maximum absolute atomic E-state index is 5.70. The molecule has 1 aromatic heterocycles. The number of nitrogens with zero attached hydrogens (tertiary/aromatic N) is 2. The molecular formula is C21H30N4O2. The smallest absolute Gasteiger partial charge is 0.218 e. The van der Waals surface area contributed by atoms with Crippen molar-refractivity contribution in [2.45, 2.75) is 33.2 Å². The van der Waals surface area contributed by atoms with Gasteiger partial charge in [-0.05, 0) is 37.5 Å². The van der Waals surface area contributed by atoms with Crippen molar-refractivity contribution < 1.29 is 9.47 Å². The Morgan fingerprint density at radius 3 is 2.78 bits per heavy atom. The molecular weight excluding hydrogens is 340 g/mol. The topological polar surface area (TPSA) is 67.8 Å². The number of ether oxygens (including phenoxy) is 2. The third-order valence-electron chi connectivity index (χ3n) is 4.09. The third-order valence-corrected chi connectivity index (χ3v) is 4.09. The highest BCUT2D eigenvalue weighted by Gasteiger charge is 2.07. The van der Waals surface area contributed by atoms with Crippen LogP contribution in [0, 0.1) is 6.92 Å². The Balaban J connectivity index is 1.87. The van der Waals surface area contributed by atoms with Crippen LogP contribution in [-0.2, 0) is 13.0 Å². The molecule has 0 spiro atoms. The molecule has 0 aliphatic carbocycles. The van der Waals surface area contributed by atoms with Gasteiger partial charge in [-0.1, -0.05) is 30.7 Å². The Morgan fingerprint density at radius 1 is 1.19 bits per heavy atom. The molecule has 0 amide bonds. The van der Waals surface area contributed by atoms with Gasteiger partial charge in [0.25, 0.3) is 0 Å². The number of nitrogens with one attached hydrogen (secondary N) is 2. The normalized spacial score (nSPS) is 11.2. The predicted molar refractivity (Wildman–Crippen MR) is 110 cm³/mol. The molecule has 0 saturated carbocycles. The quantitative estimate of drug-likeness (QED) is 0.524. The summed E-state index contributed by atoms with van der Waals surface area (Å²) in [5.74, 6) is 2.33. The number of aliphatic imine (C=N–C) groups is 1. The van der Waals surface area contributed by atoms with Gasteiger partial charge in [0.05, 0.1) is 13.7 Å². The van der Waals surface area contributed by atoms with Crippen LogP contribution in [0.15, 0.2) is 41.5 Å². The average molecular weight is 370 g/mol. The van der Waals surface area contributed by atoms with Crippen molar-refractivity contribution in [2.24, 2.45) is 4.99 Å². The number of guanidine groups is 1. The number of hydrogen-bond donors (Lipinski definition) is 2. The number of methoxy groups -OCH3 is 1. The molecule has 1 aromatic carbocycles. The van der Waals surface area contributed by atoms with Crippen LogP contribution in [0.4, 0.5) is 0 Å². The number of rotatable bonds is 9. The first kappa shape index (κ1) is 20.6. The maximum Gasteiger partial charge on any atom is 0.218 e. The monoisotopic (exact) mass is 370 g/mol. The van der Waals surface area contributed by atoms with Crippen LogP contribution in [0.25, 0.3) is 0 Å². The molecule has 0 saturated heterocycles. The van der Waals surface area contributed by atoms with Crippen molar-refractivity contribution in [2.75, 3.05) is 27.3 Å². The first-order chi connectivity index (χ1) is 13.2. The van der Waals surface area contributed by atoms with Crippen LogP contribution >= 0.6 is 0 Å². The fourth-order valence-electron chi connectivity index (χ4n) is 2.71. The molecule has 0 unspecified atom stereocenters. The van der Waals surface area contributed by atoms with E-state index in [1.165, 1.54) is 11.1 Å². The molecule has 6 heteroatoms. The first-order valence-electron chi connectivity index (χ1n) is 9.32. The summed E-state index contributed by atoms with van der Waals surface area (Å²) in [6.45, 7) is 6.18. The Morgan fingerprint density at radius 2 is 2.04 bits per heavy atom. The summed E-state index contributed by atoms with van der Waals surface area (Å²) in [5, 5.41) is 6.66. The summed E-state index contributed by atoms with van der Waals surface area (Å²) in [7, 11) is 3.47. The second kappa shape index (κ2) is 11.1. The van der Waals surface area contributed by atoms with Crippen molar-refractivity contribution >= 4 is 5.96 Å². The molecule has 2 aromatic rings. The summed E-state index contributed by atoms with van der Waals surface area (Å²) >= 11 is 0. The van der Waals surface area contributed by atoms with E-state index in [9.17, 15) is 0 Å². The summed E-state index contributed by atoms with van der Waals surface area (Å²) in [6.07, 6.45) is 3.55. The molecule has 2 N–H and O–H groups in total. The number of aryl methyl sites for hydroxylation is 1. The van der Waals surface area contributed by atoms with Crippen LogP contribution in [0.5, 0.6) is 11.6 Å². The lowest BCUT2D eigenvalue weighted by Gasteiger charge is -2.15. The lowest BCUT2D eigenvalue weighted by atomic mass is 10.1. The van der Waals surface area contributed by atoms with E-state index < -0.39 is 0 Å². The minimum atomic E-state index is 0.598. The van der Waals surface area contributed by atoms with Gasteiger partial charge in [0.15, 0.2) is 5.96 Å². The van der Waals surface area contributed by atoms with Crippen molar-refractivity contribution in [3.63, 3.8) is 0 Å². The average Bonchev–Trinajstić information content (AvgIpc) is 2.69. The van der Waals surface area contributed by atoms with E-state index in [-0.39, 0.29) is 0 Å². The molecule has 2 rings (SSSR count). The molecule has 0 aliphatic rings.